The zero-order valence-corrected chi connectivity index (χ0v) is 52.5. The smallest absolute Gasteiger partial charge is 0.407 e. The lowest BCUT2D eigenvalue weighted by molar-refractivity contribution is -0.0974. The van der Waals surface area contributed by atoms with Gasteiger partial charge in [0.15, 0.2) is 0 Å². The van der Waals surface area contributed by atoms with Crippen molar-refractivity contribution in [3.8, 4) is 0 Å². The van der Waals surface area contributed by atoms with E-state index in [1.807, 2.05) is 0 Å². The molecule has 4 fully saturated rings. The molecule has 4 saturated heterocycles. The van der Waals surface area contributed by atoms with E-state index in [4.69, 9.17) is 46.7 Å². The summed E-state index contributed by atoms with van der Waals surface area (Å²) in [6.45, 7) is 14.8. The molecule has 0 saturated carbocycles. The van der Waals surface area contributed by atoms with Crippen LogP contribution in [-0.4, -0.2) is 108 Å². The molecule has 16 bridgehead atoms. The maximum atomic E-state index is 6.70. The van der Waals surface area contributed by atoms with Crippen LogP contribution in [0.3, 0.4) is 0 Å². The van der Waals surface area contributed by atoms with Crippen LogP contribution >= 0.6 is 0 Å². The Morgan fingerprint density at radius 2 is 0.444 bits per heavy atom. The molecular weight excluding hydrogens is 1120 g/mol. The van der Waals surface area contributed by atoms with Crippen molar-refractivity contribution in [2.24, 2.45) is 21.7 Å². The van der Waals surface area contributed by atoms with Crippen molar-refractivity contribution >= 4 is 72.6 Å². The van der Waals surface area contributed by atoms with Crippen LogP contribution in [-0.2, 0) is 46.7 Å². The second-order valence-electron chi connectivity index (χ2n) is 25.7. The summed E-state index contributed by atoms with van der Waals surface area (Å²) in [5.41, 5.74) is 15.9. The molecule has 0 aliphatic carbocycles. The van der Waals surface area contributed by atoms with Gasteiger partial charge in [-0.1, -0.05) is 246 Å². The summed E-state index contributed by atoms with van der Waals surface area (Å²) in [7, 11) is -2.05. The summed E-state index contributed by atoms with van der Waals surface area (Å²) in [5, 5.41) is 0. The molecule has 0 N–H and O–H groups in total. The normalized spacial score (nSPS) is 23.5. The molecule has 25 rings (SSSR count). The monoisotopic (exact) mass is 1200 g/mol. The summed E-state index contributed by atoms with van der Waals surface area (Å²) in [5.74, 6) is 0. The van der Waals surface area contributed by atoms with Crippen LogP contribution < -0.4 is 21.9 Å². The predicted molar refractivity (Wildman–Crippen MR) is 363 cm³/mol. The zero-order chi connectivity index (χ0) is 61.4. The van der Waals surface area contributed by atoms with Gasteiger partial charge in [0.2, 0.25) is 0 Å². The van der Waals surface area contributed by atoms with Gasteiger partial charge in [0, 0.05) is 74.5 Å². The molecule has 14 heteroatoms. The molecule has 0 unspecified atom stereocenters. The van der Waals surface area contributed by atoms with Crippen LogP contribution in [0, 0.1) is 21.7 Å². The standard InChI is InChI=1S/C76H80B4O10/c1-5-73-45-81-46-74(6-2)51-85-78(86-52-74)66-39-31-63(32-40-66)72(70(59-25-17-11-18-26-59)60-27-19-12-20-28-60)64-35-43-68(44-36-64)80-89-55-76(8-4,56-90-80)48-82-47-75(7-3)53-87-79(88-54-75)67-41-33-62(34-42-67)71(61-29-37-65(38-30-61)77(83-49-73)84-50-73)69(57-21-13-9-14-22-57)58-23-15-10-16-24-58/h9-44H,5-8,45-56H2,1-4H3. The molecule has 17 aliphatic rings. The van der Waals surface area contributed by atoms with Crippen molar-refractivity contribution in [2.45, 2.75) is 53.4 Å². The number of benzene rings is 8. The van der Waals surface area contributed by atoms with Gasteiger partial charge >= 0.3 is 28.5 Å². The van der Waals surface area contributed by atoms with Crippen molar-refractivity contribution in [2.75, 3.05) is 79.3 Å². The first-order chi connectivity index (χ1) is 44.2. The highest BCUT2D eigenvalue weighted by molar-refractivity contribution is 6.62. The van der Waals surface area contributed by atoms with Gasteiger partial charge in [-0.15, -0.1) is 0 Å². The number of ether oxygens (including phenoxy) is 2. The molecule has 17 aliphatic heterocycles. The van der Waals surface area contributed by atoms with Gasteiger partial charge in [0.05, 0.1) is 26.4 Å². The highest BCUT2D eigenvalue weighted by Crippen LogP contribution is 2.40. The molecular formula is C76H80B4O10. The van der Waals surface area contributed by atoms with Gasteiger partial charge in [-0.3, -0.25) is 0 Å². The van der Waals surface area contributed by atoms with Crippen molar-refractivity contribution in [1.82, 2.24) is 0 Å². The average molecular weight is 1200 g/mol. The molecule has 0 spiro atoms. The van der Waals surface area contributed by atoms with Gasteiger partial charge in [-0.25, -0.2) is 0 Å². The van der Waals surface area contributed by atoms with Crippen LogP contribution in [0.1, 0.15) is 97.9 Å². The van der Waals surface area contributed by atoms with Gasteiger partial charge in [-0.2, -0.15) is 0 Å². The van der Waals surface area contributed by atoms with Gasteiger partial charge < -0.3 is 46.7 Å². The quantitative estimate of drug-likeness (QED) is 0.137. The first-order valence-corrected chi connectivity index (χ1v) is 32.4. The fourth-order valence-electron chi connectivity index (χ4n) is 13.1. The van der Waals surface area contributed by atoms with Crippen LogP contribution in [0.25, 0.3) is 22.3 Å². The molecule has 0 aromatic heterocycles. The zero-order valence-electron chi connectivity index (χ0n) is 52.5. The topological polar surface area (TPSA) is 92.3 Å². The molecule has 10 nitrogen and oxygen atoms in total. The van der Waals surface area contributed by atoms with Gasteiger partial charge in [0.1, 0.15) is 0 Å². The van der Waals surface area contributed by atoms with E-state index in [0.29, 0.717) is 79.3 Å². The van der Waals surface area contributed by atoms with Crippen molar-refractivity contribution < 1.29 is 46.7 Å². The SMILES string of the molecule is CCC12COCC3(CC)COB(OC3)c3ccc(cc3)C(=C(c3ccccc3)c3ccccc3)c3ccc(cc3)B3OCC(CC)(COCC4(CC)COB(OC4)c4ccc(cc4)C(=C(c4ccccc4)c4ccccc4)c4ccc(cc4)B(OC1)OC2)CO3. The second kappa shape index (κ2) is 27.9. The van der Waals surface area contributed by atoms with E-state index in [1.165, 1.54) is 0 Å². The fraction of sp³-hybridized carbons (Fsp3) is 0.316. The Morgan fingerprint density at radius 3 is 0.622 bits per heavy atom. The van der Waals surface area contributed by atoms with E-state index in [2.05, 4.69) is 246 Å². The maximum absolute atomic E-state index is 6.70. The van der Waals surface area contributed by atoms with Crippen LogP contribution in [0.4, 0.5) is 0 Å². The third-order valence-corrected chi connectivity index (χ3v) is 19.6. The summed E-state index contributed by atoms with van der Waals surface area (Å²) >= 11 is 0. The highest BCUT2D eigenvalue weighted by atomic mass is 16.6. The van der Waals surface area contributed by atoms with E-state index in [-0.39, 0.29) is 21.7 Å². The van der Waals surface area contributed by atoms with E-state index in [1.54, 1.807) is 0 Å². The number of rotatable bonds is 8. The molecule has 8 aromatic rings. The van der Waals surface area contributed by atoms with Crippen LogP contribution in [0.5, 0.6) is 0 Å². The molecule has 0 radical (unpaired) electrons. The molecule has 0 amide bonds. The van der Waals surface area contributed by atoms with E-state index in [0.717, 1.165) is 114 Å². The Morgan fingerprint density at radius 1 is 0.256 bits per heavy atom. The van der Waals surface area contributed by atoms with Gasteiger partial charge in [-0.05, 0) is 114 Å². The van der Waals surface area contributed by atoms with Crippen molar-refractivity contribution in [3.63, 3.8) is 0 Å². The Hall–Kier alpha value is -6.90. The first-order valence-electron chi connectivity index (χ1n) is 32.4. The molecule has 456 valence electrons. The Kier molecular flexibility index (Phi) is 19.2. The minimum absolute atomic E-state index is 0.306. The van der Waals surface area contributed by atoms with E-state index < -0.39 is 28.5 Å². The van der Waals surface area contributed by atoms with Gasteiger partial charge in [0.25, 0.3) is 0 Å². The third-order valence-electron chi connectivity index (χ3n) is 19.6. The van der Waals surface area contributed by atoms with Crippen LogP contribution in [0.2, 0.25) is 0 Å². The van der Waals surface area contributed by atoms with Crippen molar-refractivity contribution in [1.29, 1.82) is 0 Å². The Bertz CT molecular complexity index is 3190. The first kappa shape index (κ1) is 61.9. The Labute approximate surface area is 533 Å². The van der Waals surface area contributed by atoms with E-state index >= 15 is 0 Å². The summed E-state index contributed by atoms with van der Waals surface area (Å²) in [6.07, 6.45) is 3.37. The lowest BCUT2D eigenvalue weighted by Crippen LogP contribution is -2.53. The lowest BCUT2D eigenvalue weighted by Gasteiger charge is -2.41. The molecule has 8 aromatic carbocycles. The minimum Gasteiger partial charge on any atom is -0.407 e. The predicted octanol–water partition coefficient (Wildman–Crippen LogP) is 12.0. The summed E-state index contributed by atoms with van der Waals surface area (Å²) in [6, 6.07) is 77.4. The Balaban J connectivity index is 0.797. The van der Waals surface area contributed by atoms with Crippen LogP contribution in [0.15, 0.2) is 218 Å². The highest BCUT2D eigenvalue weighted by Gasteiger charge is 2.45. The number of hydrogen-bond donors (Lipinski definition) is 0. The average Bonchev–Trinajstić information content (AvgIpc) is 1.05. The minimum atomic E-state index is -0.513. The summed E-state index contributed by atoms with van der Waals surface area (Å²) < 4.78 is 66.6. The lowest BCUT2D eigenvalue weighted by atomic mass is 9.73. The third kappa shape index (κ3) is 13.4. The second-order valence-corrected chi connectivity index (χ2v) is 25.7. The largest absolute Gasteiger partial charge is 0.493 e. The van der Waals surface area contributed by atoms with Crippen molar-refractivity contribution in [3.05, 3.63) is 263 Å². The molecule has 90 heavy (non-hydrogen) atoms. The molecule has 0 atom stereocenters. The number of hydrogen-bond acceptors (Lipinski definition) is 10. The van der Waals surface area contributed by atoms with E-state index in [9.17, 15) is 0 Å². The summed E-state index contributed by atoms with van der Waals surface area (Å²) in [4.78, 5) is 0. The fourth-order valence-corrected chi connectivity index (χ4v) is 13.1. The molecule has 17 heterocycles. The maximum Gasteiger partial charge on any atom is 0.493 e.